The molecule has 1 aliphatic heterocycles. The SMILES string of the molecule is COc1ccc(CCC(=O)N2C[C@@H](C)N[C@H](C)C2)cc1Br. The number of nitrogens with one attached hydrogen (secondary N) is 1. The number of hydrogen-bond acceptors (Lipinski definition) is 3. The first-order valence-electron chi connectivity index (χ1n) is 7.36. The van der Waals surface area contributed by atoms with Crippen LogP contribution in [0.15, 0.2) is 22.7 Å². The molecule has 1 N–H and O–H groups in total. The highest BCUT2D eigenvalue weighted by molar-refractivity contribution is 9.10. The van der Waals surface area contributed by atoms with Gasteiger partial charge in [-0.15, -0.1) is 0 Å². The minimum atomic E-state index is 0.238. The van der Waals surface area contributed by atoms with Crippen molar-refractivity contribution < 1.29 is 9.53 Å². The summed E-state index contributed by atoms with van der Waals surface area (Å²) >= 11 is 3.48. The van der Waals surface area contributed by atoms with Crippen molar-refractivity contribution in [2.24, 2.45) is 0 Å². The van der Waals surface area contributed by atoms with E-state index in [1.807, 2.05) is 23.1 Å². The largest absolute Gasteiger partial charge is 0.496 e. The molecule has 1 fully saturated rings. The summed E-state index contributed by atoms with van der Waals surface area (Å²) in [5, 5.41) is 3.44. The van der Waals surface area contributed by atoms with Crippen molar-refractivity contribution in [1.82, 2.24) is 10.2 Å². The number of piperazine rings is 1. The van der Waals surface area contributed by atoms with E-state index < -0.39 is 0 Å². The summed E-state index contributed by atoms with van der Waals surface area (Å²) in [6.07, 6.45) is 1.31. The van der Waals surface area contributed by atoms with Crippen LogP contribution in [-0.4, -0.2) is 43.1 Å². The Kier molecular flexibility index (Phi) is 5.65. The van der Waals surface area contributed by atoms with Crippen molar-refractivity contribution in [3.8, 4) is 5.75 Å². The molecule has 5 heteroatoms. The Bertz CT molecular complexity index is 497. The lowest BCUT2D eigenvalue weighted by molar-refractivity contribution is -0.132. The summed E-state index contributed by atoms with van der Waals surface area (Å²) in [4.78, 5) is 14.3. The van der Waals surface area contributed by atoms with Crippen LogP contribution < -0.4 is 10.1 Å². The predicted molar refractivity (Wildman–Crippen MR) is 87.7 cm³/mol. The van der Waals surface area contributed by atoms with E-state index in [4.69, 9.17) is 4.74 Å². The average molecular weight is 355 g/mol. The number of nitrogens with zero attached hydrogens (tertiary/aromatic N) is 1. The fraction of sp³-hybridized carbons (Fsp3) is 0.562. The summed E-state index contributed by atoms with van der Waals surface area (Å²) in [6.45, 7) is 5.85. The number of rotatable bonds is 4. The van der Waals surface area contributed by atoms with Crippen LogP contribution in [-0.2, 0) is 11.2 Å². The molecular formula is C16H23BrN2O2. The van der Waals surface area contributed by atoms with Gasteiger partial charge in [-0.05, 0) is 53.9 Å². The van der Waals surface area contributed by atoms with E-state index in [1.54, 1.807) is 7.11 Å². The van der Waals surface area contributed by atoms with Crippen molar-refractivity contribution in [2.45, 2.75) is 38.8 Å². The van der Waals surface area contributed by atoms with Gasteiger partial charge in [0.2, 0.25) is 5.91 Å². The number of carbonyl (C=O) groups excluding carboxylic acids is 1. The molecule has 1 aromatic rings. The van der Waals surface area contributed by atoms with Gasteiger partial charge in [-0.2, -0.15) is 0 Å². The Morgan fingerprint density at radius 1 is 1.38 bits per heavy atom. The second-order valence-electron chi connectivity index (χ2n) is 5.74. The standard InChI is InChI=1S/C16H23BrN2O2/c1-11-9-19(10-12(2)18-11)16(20)7-5-13-4-6-15(21-3)14(17)8-13/h4,6,8,11-12,18H,5,7,9-10H2,1-3H3/t11-,12-/m1/s1. The smallest absolute Gasteiger partial charge is 0.223 e. The van der Waals surface area contributed by atoms with Gasteiger partial charge in [0.1, 0.15) is 5.75 Å². The molecule has 1 aromatic carbocycles. The second kappa shape index (κ2) is 7.27. The molecule has 21 heavy (non-hydrogen) atoms. The molecule has 1 saturated heterocycles. The molecule has 0 spiro atoms. The van der Waals surface area contributed by atoms with Gasteiger partial charge in [-0.1, -0.05) is 6.07 Å². The van der Waals surface area contributed by atoms with Crippen LogP contribution in [0.2, 0.25) is 0 Å². The Labute approximate surface area is 135 Å². The normalized spacial score (nSPS) is 22.2. The third-order valence-electron chi connectivity index (χ3n) is 3.75. The van der Waals surface area contributed by atoms with Crippen molar-refractivity contribution in [3.05, 3.63) is 28.2 Å². The van der Waals surface area contributed by atoms with E-state index in [0.29, 0.717) is 18.5 Å². The van der Waals surface area contributed by atoms with Gasteiger partial charge in [-0.25, -0.2) is 0 Å². The van der Waals surface area contributed by atoms with Crippen molar-refractivity contribution in [3.63, 3.8) is 0 Å². The van der Waals surface area contributed by atoms with Crippen LogP contribution in [0.5, 0.6) is 5.75 Å². The van der Waals surface area contributed by atoms with Gasteiger partial charge < -0.3 is 15.0 Å². The van der Waals surface area contributed by atoms with Crippen LogP contribution in [0.4, 0.5) is 0 Å². The first-order chi connectivity index (χ1) is 9.99. The lowest BCUT2D eigenvalue weighted by Crippen LogP contribution is -2.55. The maximum absolute atomic E-state index is 12.3. The van der Waals surface area contributed by atoms with Crippen molar-refractivity contribution in [1.29, 1.82) is 0 Å². The summed E-state index contributed by atoms with van der Waals surface area (Å²) in [5.41, 5.74) is 1.15. The predicted octanol–water partition coefficient (Wildman–Crippen LogP) is 2.60. The number of halogens is 1. The van der Waals surface area contributed by atoms with E-state index in [9.17, 15) is 4.79 Å². The summed E-state index contributed by atoms with van der Waals surface area (Å²) in [7, 11) is 1.65. The zero-order valence-corrected chi connectivity index (χ0v) is 14.4. The molecular weight excluding hydrogens is 332 g/mol. The topological polar surface area (TPSA) is 41.6 Å². The van der Waals surface area contributed by atoms with Gasteiger partial charge in [0.25, 0.3) is 0 Å². The number of carbonyl (C=O) groups is 1. The Morgan fingerprint density at radius 3 is 2.62 bits per heavy atom. The maximum atomic E-state index is 12.3. The summed E-state index contributed by atoms with van der Waals surface area (Å²) in [6, 6.07) is 6.70. The molecule has 0 radical (unpaired) electrons. The molecule has 1 aliphatic rings. The van der Waals surface area contributed by atoms with E-state index in [0.717, 1.165) is 35.3 Å². The summed E-state index contributed by atoms with van der Waals surface area (Å²) < 4.78 is 6.15. The molecule has 116 valence electrons. The number of amides is 1. The zero-order chi connectivity index (χ0) is 15.4. The van der Waals surface area contributed by atoms with E-state index in [2.05, 4.69) is 35.1 Å². The molecule has 2 atom stereocenters. The molecule has 0 bridgehead atoms. The molecule has 2 rings (SSSR count). The molecule has 1 amide bonds. The highest BCUT2D eigenvalue weighted by atomic mass is 79.9. The minimum Gasteiger partial charge on any atom is -0.496 e. The average Bonchev–Trinajstić information content (AvgIpc) is 2.43. The van der Waals surface area contributed by atoms with Crippen molar-refractivity contribution in [2.75, 3.05) is 20.2 Å². The van der Waals surface area contributed by atoms with Crippen LogP contribution >= 0.6 is 15.9 Å². The third kappa shape index (κ3) is 4.45. The molecule has 0 aliphatic carbocycles. The number of ether oxygens (including phenoxy) is 1. The first kappa shape index (κ1) is 16.3. The van der Waals surface area contributed by atoms with Gasteiger partial charge in [0, 0.05) is 31.6 Å². The highest BCUT2D eigenvalue weighted by Crippen LogP contribution is 2.26. The number of benzene rings is 1. The molecule has 0 aromatic heterocycles. The molecule has 4 nitrogen and oxygen atoms in total. The van der Waals surface area contributed by atoms with Gasteiger partial charge in [0.05, 0.1) is 11.6 Å². The first-order valence-corrected chi connectivity index (χ1v) is 8.15. The van der Waals surface area contributed by atoms with E-state index in [1.165, 1.54) is 0 Å². The van der Waals surface area contributed by atoms with Gasteiger partial charge >= 0.3 is 0 Å². The van der Waals surface area contributed by atoms with E-state index in [-0.39, 0.29) is 5.91 Å². The van der Waals surface area contributed by atoms with Crippen molar-refractivity contribution >= 4 is 21.8 Å². The number of hydrogen-bond donors (Lipinski definition) is 1. The second-order valence-corrected chi connectivity index (χ2v) is 6.59. The Morgan fingerprint density at radius 2 is 2.05 bits per heavy atom. The lowest BCUT2D eigenvalue weighted by Gasteiger charge is -2.36. The van der Waals surface area contributed by atoms with Crippen LogP contribution in [0.3, 0.4) is 0 Å². The maximum Gasteiger partial charge on any atom is 0.223 e. The number of methoxy groups -OCH3 is 1. The fourth-order valence-corrected chi connectivity index (χ4v) is 3.39. The number of aryl methyl sites for hydroxylation is 1. The van der Waals surface area contributed by atoms with Crippen LogP contribution in [0.25, 0.3) is 0 Å². The quantitative estimate of drug-likeness (QED) is 0.903. The monoisotopic (exact) mass is 354 g/mol. The Balaban J connectivity index is 1.90. The van der Waals surface area contributed by atoms with Gasteiger partial charge in [-0.3, -0.25) is 4.79 Å². The van der Waals surface area contributed by atoms with Crippen LogP contribution in [0, 0.1) is 0 Å². The third-order valence-corrected chi connectivity index (χ3v) is 4.37. The van der Waals surface area contributed by atoms with Crippen LogP contribution in [0.1, 0.15) is 25.8 Å². The Hall–Kier alpha value is -1.07. The minimum absolute atomic E-state index is 0.238. The molecule has 0 unspecified atom stereocenters. The summed E-state index contributed by atoms with van der Waals surface area (Å²) in [5.74, 6) is 1.05. The molecule has 0 saturated carbocycles. The van der Waals surface area contributed by atoms with E-state index >= 15 is 0 Å². The lowest BCUT2D eigenvalue weighted by atomic mass is 10.1. The molecule has 1 heterocycles. The fourth-order valence-electron chi connectivity index (χ4n) is 2.81. The zero-order valence-electron chi connectivity index (χ0n) is 12.9. The van der Waals surface area contributed by atoms with Gasteiger partial charge in [0.15, 0.2) is 0 Å². The highest BCUT2D eigenvalue weighted by Gasteiger charge is 2.24.